The zero-order valence-corrected chi connectivity index (χ0v) is 20.3. The Hall–Kier alpha value is -2.91. The van der Waals surface area contributed by atoms with Crippen molar-refractivity contribution in [3.05, 3.63) is 54.1 Å². The number of hydrogen-bond acceptors (Lipinski definition) is 6. The monoisotopic (exact) mass is 486 g/mol. The van der Waals surface area contributed by atoms with Gasteiger partial charge in [0, 0.05) is 24.7 Å². The molecule has 1 saturated heterocycles. The maximum Gasteiger partial charge on any atom is 0.316 e. The molecule has 0 unspecified atom stereocenters. The second-order valence-corrected chi connectivity index (χ2v) is 10.7. The summed E-state index contributed by atoms with van der Waals surface area (Å²) >= 11 is 0. The second-order valence-electron chi connectivity index (χ2n) is 8.72. The summed E-state index contributed by atoms with van der Waals surface area (Å²) in [6, 6.07) is 13.6. The minimum absolute atomic E-state index is 0.124. The minimum atomic E-state index is -3.61. The molecule has 0 spiro atoms. The van der Waals surface area contributed by atoms with Gasteiger partial charge in [0.2, 0.25) is 15.9 Å². The number of amides is 1. The number of benzene rings is 2. The molecule has 1 aliphatic carbocycles. The molecule has 1 amide bonds. The Morgan fingerprint density at radius 1 is 1.03 bits per heavy atom. The van der Waals surface area contributed by atoms with Crippen molar-refractivity contribution in [2.75, 3.05) is 32.1 Å². The van der Waals surface area contributed by atoms with Gasteiger partial charge in [-0.15, -0.1) is 0 Å². The Morgan fingerprint density at radius 3 is 2.18 bits per heavy atom. The first-order chi connectivity index (χ1) is 16.3. The number of carbonyl (C=O) groups excluding carboxylic acids is 2. The molecule has 1 heterocycles. The van der Waals surface area contributed by atoms with E-state index in [2.05, 4.69) is 5.32 Å². The Morgan fingerprint density at radius 2 is 1.65 bits per heavy atom. The predicted octanol–water partition coefficient (Wildman–Crippen LogP) is 3.33. The number of sulfonamides is 1. The van der Waals surface area contributed by atoms with Crippen LogP contribution < -0.4 is 10.1 Å². The van der Waals surface area contributed by atoms with Crippen LogP contribution >= 0.6 is 0 Å². The number of rotatable bonds is 8. The number of hydrogen-bond donors (Lipinski definition) is 1. The van der Waals surface area contributed by atoms with Gasteiger partial charge in [0.1, 0.15) is 5.75 Å². The van der Waals surface area contributed by atoms with Crippen LogP contribution in [-0.4, -0.2) is 51.4 Å². The van der Waals surface area contributed by atoms with Crippen molar-refractivity contribution in [2.45, 2.75) is 42.9 Å². The van der Waals surface area contributed by atoms with Crippen LogP contribution in [0.2, 0.25) is 0 Å². The van der Waals surface area contributed by atoms with Crippen LogP contribution in [0.25, 0.3) is 0 Å². The molecule has 1 saturated carbocycles. The highest BCUT2D eigenvalue weighted by Crippen LogP contribution is 2.49. The standard InChI is InChI=1S/C25H30N2O6S/c1-3-33-24(29)25(14-15-25)19-4-6-20(7-5-19)26-23(28)18-12-16-27(17-13-18)34(30,31)22-10-8-21(32-2)9-11-22/h4-11,18H,3,12-17H2,1-2H3,(H,26,28). The minimum Gasteiger partial charge on any atom is -0.497 e. The van der Waals surface area contributed by atoms with Crippen LogP contribution in [0.4, 0.5) is 5.69 Å². The quantitative estimate of drug-likeness (QED) is 0.575. The average Bonchev–Trinajstić information content (AvgIpc) is 3.67. The third-order valence-electron chi connectivity index (χ3n) is 6.64. The van der Waals surface area contributed by atoms with E-state index in [4.69, 9.17) is 9.47 Å². The van der Waals surface area contributed by atoms with E-state index in [-0.39, 0.29) is 35.8 Å². The zero-order valence-electron chi connectivity index (χ0n) is 19.5. The molecule has 1 N–H and O–H groups in total. The topological polar surface area (TPSA) is 102 Å². The molecule has 9 heteroatoms. The molecule has 34 heavy (non-hydrogen) atoms. The van der Waals surface area contributed by atoms with E-state index < -0.39 is 15.4 Å². The lowest BCUT2D eigenvalue weighted by Gasteiger charge is -2.30. The van der Waals surface area contributed by atoms with Crippen molar-refractivity contribution in [3.63, 3.8) is 0 Å². The number of carbonyl (C=O) groups is 2. The first-order valence-corrected chi connectivity index (χ1v) is 13.0. The number of anilines is 1. The van der Waals surface area contributed by atoms with Gasteiger partial charge < -0.3 is 14.8 Å². The number of methoxy groups -OCH3 is 1. The lowest BCUT2D eigenvalue weighted by atomic mass is 9.95. The largest absolute Gasteiger partial charge is 0.497 e. The Labute approximate surface area is 200 Å². The van der Waals surface area contributed by atoms with Crippen LogP contribution in [0.1, 0.15) is 38.2 Å². The molecule has 0 aromatic heterocycles. The SMILES string of the molecule is CCOC(=O)C1(c2ccc(NC(=O)C3CCN(S(=O)(=O)c4ccc(OC)cc4)CC3)cc2)CC1. The molecule has 0 radical (unpaired) electrons. The third-order valence-corrected chi connectivity index (χ3v) is 8.56. The molecule has 4 rings (SSSR count). The van der Waals surface area contributed by atoms with E-state index in [0.29, 0.717) is 30.9 Å². The molecular formula is C25H30N2O6S. The first kappa shape index (κ1) is 24.2. The fourth-order valence-corrected chi connectivity index (χ4v) is 5.85. The zero-order chi connectivity index (χ0) is 24.3. The van der Waals surface area contributed by atoms with E-state index >= 15 is 0 Å². The molecule has 0 atom stereocenters. The van der Waals surface area contributed by atoms with Gasteiger partial charge in [-0.25, -0.2) is 8.42 Å². The van der Waals surface area contributed by atoms with Crippen LogP contribution in [0.3, 0.4) is 0 Å². The Kier molecular flexibility index (Phi) is 6.95. The summed E-state index contributed by atoms with van der Waals surface area (Å²) in [6.07, 6.45) is 2.45. The van der Waals surface area contributed by atoms with Gasteiger partial charge in [0.25, 0.3) is 0 Å². The summed E-state index contributed by atoms with van der Waals surface area (Å²) < 4.78 is 37.6. The summed E-state index contributed by atoms with van der Waals surface area (Å²) in [5.74, 6) is 0.00997. The first-order valence-electron chi connectivity index (χ1n) is 11.5. The van der Waals surface area contributed by atoms with E-state index in [1.807, 2.05) is 12.1 Å². The molecular weight excluding hydrogens is 456 g/mol. The van der Waals surface area contributed by atoms with Gasteiger partial charge in [0.15, 0.2) is 0 Å². The lowest BCUT2D eigenvalue weighted by molar-refractivity contribution is -0.146. The van der Waals surface area contributed by atoms with Crippen LogP contribution in [-0.2, 0) is 29.8 Å². The maximum atomic E-state index is 12.9. The maximum absolute atomic E-state index is 12.9. The molecule has 182 valence electrons. The predicted molar refractivity (Wildman–Crippen MR) is 127 cm³/mol. The van der Waals surface area contributed by atoms with E-state index in [9.17, 15) is 18.0 Å². The molecule has 1 aliphatic heterocycles. The van der Waals surface area contributed by atoms with Crippen LogP contribution in [0.5, 0.6) is 5.75 Å². The van der Waals surface area contributed by atoms with Gasteiger partial charge in [-0.2, -0.15) is 4.31 Å². The third kappa shape index (κ3) is 4.81. The van der Waals surface area contributed by atoms with Gasteiger partial charge in [0.05, 0.1) is 24.0 Å². The normalized spacial score (nSPS) is 18.2. The van der Waals surface area contributed by atoms with Gasteiger partial charge in [-0.3, -0.25) is 9.59 Å². The van der Waals surface area contributed by atoms with Crippen LogP contribution in [0.15, 0.2) is 53.4 Å². The Bertz CT molecular complexity index is 1130. The van der Waals surface area contributed by atoms with Crippen molar-refractivity contribution in [2.24, 2.45) is 5.92 Å². The van der Waals surface area contributed by atoms with Crippen molar-refractivity contribution < 1.29 is 27.5 Å². The van der Waals surface area contributed by atoms with E-state index in [1.165, 1.54) is 23.5 Å². The molecule has 2 aromatic carbocycles. The number of nitrogens with zero attached hydrogens (tertiary/aromatic N) is 1. The summed E-state index contributed by atoms with van der Waals surface area (Å²) in [6.45, 7) is 2.72. The van der Waals surface area contributed by atoms with Gasteiger partial charge in [-0.1, -0.05) is 12.1 Å². The van der Waals surface area contributed by atoms with Crippen molar-refractivity contribution in [1.82, 2.24) is 4.31 Å². The van der Waals surface area contributed by atoms with Crippen molar-refractivity contribution >= 4 is 27.6 Å². The van der Waals surface area contributed by atoms with Crippen molar-refractivity contribution in [1.29, 1.82) is 0 Å². The molecule has 2 aromatic rings. The molecule has 2 aliphatic rings. The molecule has 2 fully saturated rings. The van der Waals surface area contributed by atoms with E-state index in [0.717, 1.165) is 18.4 Å². The summed E-state index contributed by atoms with van der Waals surface area (Å²) in [4.78, 5) is 25.3. The van der Waals surface area contributed by atoms with Crippen LogP contribution in [0, 0.1) is 5.92 Å². The number of nitrogens with one attached hydrogen (secondary N) is 1. The molecule has 8 nitrogen and oxygen atoms in total. The summed E-state index contributed by atoms with van der Waals surface area (Å²) in [5.41, 5.74) is 1.02. The lowest BCUT2D eigenvalue weighted by Crippen LogP contribution is -2.41. The number of esters is 1. The Balaban J connectivity index is 1.33. The van der Waals surface area contributed by atoms with Gasteiger partial charge >= 0.3 is 5.97 Å². The highest BCUT2D eigenvalue weighted by Gasteiger charge is 2.52. The number of ether oxygens (including phenoxy) is 2. The number of piperidine rings is 1. The fraction of sp³-hybridized carbons (Fsp3) is 0.440. The second kappa shape index (κ2) is 9.76. The highest BCUT2D eigenvalue weighted by molar-refractivity contribution is 7.89. The highest BCUT2D eigenvalue weighted by atomic mass is 32.2. The van der Waals surface area contributed by atoms with E-state index in [1.54, 1.807) is 31.2 Å². The van der Waals surface area contributed by atoms with Gasteiger partial charge in [-0.05, 0) is 74.6 Å². The summed E-state index contributed by atoms with van der Waals surface area (Å²) in [7, 11) is -2.08. The smallest absolute Gasteiger partial charge is 0.316 e. The fourth-order valence-electron chi connectivity index (χ4n) is 4.38. The summed E-state index contributed by atoms with van der Waals surface area (Å²) in [5, 5.41) is 2.93. The molecule has 0 bridgehead atoms. The average molecular weight is 487 g/mol. The van der Waals surface area contributed by atoms with Crippen molar-refractivity contribution in [3.8, 4) is 5.75 Å².